The van der Waals surface area contributed by atoms with Crippen molar-refractivity contribution < 1.29 is 18.9 Å². The van der Waals surface area contributed by atoms with Crippen LogP contribution in [0.4, 0.5) is 5.69 Å². The molecule has 8 heteroatoms. The van der Waals surface area contributed by atoms with Crippen LogP contribution in [0, 0.1) is 16.0 Å². The molecule has 0 unspecified atom stereocenters. The van der Waals surface area contributed by atoms with Gasteiger partial charge < -0.3 is 9.73 Å². The van der Waals surface area contributed by atoms with Crippen molar-refractivity contribution in [3.63, 3.8) is 0 Å². The zero-order chi connectivity index (χ0) is 23.9. The molecule has 1 atom stereocenters. The molecule has 0 radical (unpaired) electrons. The van der Waals surface area contributed by atoms with Gasteiger partial charge in [0.05, 0.1) is 11.0 Å². The van der Waals surface area contributed by atoms with Gasteiger partial charge in [-0.25, -0.2) is 4.98 Å². The number of fused-ring (bicyclic) bond motifs is 1. The van der Waals surface area contributed by atoms with E-state index in [-0.39, 0.29) is 23.0 Å². The van der Waals surface area contributed by atoms with Crippen LogP contribution < -0.4 is 5.32 Å². The highest BCUT2D eigenvalue weighted by Gasteiger charge is 2.27. The number of amides is 1. The van der Waals surface area contributed by atoms with Crippen molar-refractivity contribution in [2.24, 2.45) is 5.92 Å². The molecule has 2 aromatic carbocycles. The standard InChI is InChI=1S/C26H29N3O5/c30-24(16-12-19-9-5-2-6-10-19)27-21(14-11-18-7-3-1-4-8-18)25(31)26-28-22-17-20(29(32)33)13-15-23(22)34-26/h1,3-4,7-8,13,15,17,19,21H,2,5-6,9-12,14,16H2,(H,27,30)/t21-/m0/s1. The van der Waals surface area contributed by atoms with Crippen molar-refractivity contribution in [3.8, 4) is 0 Å². The summed E-state index contributed by atoms with van der Waals surface area (Å²) in [4.78, 5) is 40.7. The number of rotatable bonds is 10. The summed E-state index contributed by atoms with van der Waals surface area (Å²) in [7, 11) is 0. The van der Waals surface area contributed by atoms with Crippen LogP contribution in [-0.2, 0) is 11.2 Å². The van der Waals surface area contributed by atoms with E-state index in [2.05, 4.69) is 10.3 Å². The summed E-state index contributed by atoms with van der Waals surface area (Å²) in [5, 5.41) is 13.9. The van der Waals surface area contributed by atoms with Gasteiger partial charge in [-0.15, -0.1) is 0 Å². The average Bonchev–Trinajstić information content (AvgIpc) is 3.29. The average molecular weight is 464 g/mol. The molecule has 1 heterocycles. The number of Topliss-reactive ketones (excluding diaryl/α,β-unsaturated/α-hetero) is 1. The molecule has 0 bridgehead atoms. The maximum absolute atomic E-state index is 13.3. The Hall–Kier alpha value is -3.55. The van der Waals surface area contributed by atoms with Gasteiger partial charge >= 0.3 is 0 Å². The normalized spacial score (nSPS) is 15.2. The molecule has 0 saturated heterocycles. The summed E-state index contributed by atoms with van der Waals surface area (Å²) < 4.78 is 5.60. The first-order valence-corrected chi connectivity index (χ1v) is 11.9. The number of aromatic nitrogens is 1. The zero-order valence-corrected chi connectivity index (χ0v) is 19.1. The molecule has 1 fully saturated rings. The Kier molecular flexibility index (Phi) is 7.67. The fourth-order valence-corrected chi connectivity index (χ4v) is 4.59. The van der Waals surface area contributed by atoms with Crippen LogP contribution in [0.5, 0.6) is 0 Å². The summed E-state index contributed by atoms with van der Waals surface area (Å²) in [6.07, 6.45) is 8.27. The first kappa shape index (κ1) is 23.6. The molecule has 1 amide bonds. The van der Waals surface area contributed by atoms with Crippen LogP contribution >= 0.6 is 0 Å². The molecule has 1 aliphatic carbocycles. The number of nitrogens with one attached hydrogen (secondary N) is 1. The van der Waals surface area contributed by atoms with E-state index in [0.29, 0.717) is 30.8 Å². The Balaban J connectivity index is 1.47. The number of carbonyl (C=O) groups is 2. The molecule has 34 heavy (non-hydrogen) atoms. The lowest BCUT2D eigenvalue weighted by molar-refractivity contribution is -0.384. The zero-order valence-electron chi connectivity index (χ0n) is 19.1. The largest absolute Gasteiger partial charge is 0.434 e. The van der Waals surface area contributed by atoms with Crippen LogP contribution in [0.15, 0.2) is 52.9 Å². The Bertz CT molecular complexity index is 1150. The molecule has 3 aromatic rings. The minimum atomic E-state index is -0.790. The Morgan fingerprint density at radius 1 is 1.12 bits per heavy atom. The summed E-state index contributed by atoms with van der Waals surface area (Å²) >= 11 is 0. The highest BCUT2D eigenvalue weighted by molar-refractivity contribution is 6.00. The minimum Gasteiger partial charge on any atom is -0.434 e. The molecule has 1 N–H and O–H groups in total. The quantitative estimate of drug-likeness (QED) is 0.245. The van der Waals surface area contributed by atoms with Crippen LogP contribution in [0.3, 0.4) is 0 Å². The molecular weight excluding hydrogens is 434 g/mol. The van der Waals surface area contributed by atoms with Crippen LogP contribution in [0.2, 0.25) is 0 Å². The first-order valence-electron chi connectivity index (χ1n) is 11.9. The molecule has 0 spiro atoms. The molecule has 1 aromatic heterocycles. The van der Waals surface area contributed by atoms with Crippen LogP contribution in [-0.4, -0.2) is 27.6 Å². The molecule has 1 aliphatic rings. The third kappa shape index (κ3) is 6.07. The van der Waals surface area contributed by atoms with Crippen molar-refractivity contribution in [1.29, 1.82) is 0 Å². The summed E-state index contributed by atoms with van der Waals surface area (Å²) in [6, 6.07) is 13.0. The molecule has 0 aliphatic heterocycles. The highest BCUT2D eigenvalue weighted by atomic mass is 16.6. The number of hydrogen-bond donors (Lipinski definition) is 1. The number of oxazole rings is 1. The van der Waals surface area contributed by atoms with Crippen molar-refractivity contribution in [2.45, 2.75) is 63.8 Å². The van der Waals surface area contributed by atoms with E-state index in [9.17, 15) is 19.7 Å². The molecular formula is C26H29N3O5. The summed E-state index contributed by atoms with van der Waals surface area (Å²) in [5.41, 5.74) is 1.46. The Morgan fingerprint density at radius 2 is 1.88 bits per heavy atom. The first-order chi connectivity index (χ1) is 16.5. The Morgan fingerprint density at radius 3 is 2.62 bits per heavy atom. The van der Waals surface area contributed by atoms with E-state index < -0.39 is 16.7 Å². The number of nitro benzene ring substituents is 1. The van der Waals surface area contributed by atoms with Crippen molar-refractivity contribution >= 4 is 28.5 Å². The third-order valence-corrected chi connectivity index (χ3v) is 6.51. The van der Waals surface area contributed by atoms with E-state index >= 15 is 0 Å². The maximum Gasteiger partial charge on any atom is 0.271 e. The van der Waals surface area contributed by atoms with E-state index in [1.54, 1.807) is 0 Å². The fourth-order valence-electron chi connectivity index (χ4n) is 4.59. The van der Waals surface area contributed by atoms with Gasteiger partial charge in [-0.05, 0) is 36.8 Å². The molecule has 4 rings (SSSR count). The molecule has 8 nitrogen and oxygen atoms in total. The second kappa shape index (κ2) is 11.0. The number of carbonyl (C=O) groups excluding carboxylic acids is 2. The van der Waals surface area contributed by atoms with Gasteiger partial charge in [0, 0.05) is 18.6 Å². The maximum atomic E-state index is 13.3. The third-order valence-electron chi connectivity index (χ3n) is 6.51. The van der Waals surface area contributed by atoms with Crippen molar-refractivity contribution in [2.75, 3.05) is 0 Å². The smallest absolute Gasteiger partial charge is 0.271 e. The molecule has 1 saturated carbocycles. The van der Waals surface area contributed by atoms with Crippen LogP contribution in [0.25, 0.3) is 11.1 Å². The SMILES string of the molecule is O=C(CCC1CCCCC1)N[C@@H](CCc1ccccc1)C(=O)c1nc2cc([N+](=O)[O-])ccc2o1. The Labute approximate surface area is 197 Å². The fraction of sp³-hybridized carbons (Fsp3) is 0.423. The molecule has 178 valence electrons. The summed E-state index contributed by atoms with van der Waals surface area (Å²) in [5.74, 6) is -0.156. The number of hydrogen-bond acceptors (Lipinski definition) is 6. The second-order valence-corrected chi connectivity index (χ2v) is 8.98. The summed E-state index contributed by atoms with van der Waals surface area (Å²) in [6.45, 7) is 0. The lowest BCUT2D eigenvalue weighted by Gasteiger charge is -2.22. The highest BCUT2D eigenvalue weighted by Crippen LogP contribution is 2.27. The van der Waals surface area contributed by atoms with Gasteiger partial charge in [0.1, 0.15) is 5.52 Å². The number of ketones is 1. The van der Waals surface area contributed by atoms with Crippen molar-refractivity contribution in [3.05, 3.63) is 70.1 Å². The van der Waals surface area contributed by atoms with Crippen molar-refractivity contribution in [1.82, 2.24) is 10.3 Å². The predicted octanol–water partition coefficient (Wildman–Crippen LogP) is 5.40. The van der Waals surface area contributed by atoms with Gasteiger partial charge in [0.15, 0.2) is 5.58 Å². The van der Waals surface area contributed by atoms with Gasteiger partial charge in [0.25, 0.3) is 11.6 Å². The number of aryl methyl sites for hydroxylation is 1. The number of nitro groups is 1. The minimum absolute atomic E-state index is 0.128. The van der Waals surface area contributed by atoms with E-state index in [0.717, 1.165) is 12.0 Å². The van der Waals surface area contributed by atoms with Crippen LogP contribution in [0.1, 0.15) is 67.6 Å². The monoisotopic (exact) mass is 463 g/mol. The second-order valence-electron chi connectivity index (χ2n) is 8.98. The number of non-ortho nitro benzene ring substituents is 1. The van der Waals surface area contributed by atoms with E-state index in [4.69, 9.17) is 4.42 Å². The number of benzene rings is 2. The van der Waals surface area contributed by atoms with Gasteiger partial charge in [-0.3, -0.25) is 19.7 Å². The van der Waals surface area contributed by atoms with E-state index in [1.165, 1.54) is 50.3 Å². The van der Waals surface area contributed by atoms with Gasteiger partial charge in [-0.2, -0.15) is 0 Å². The lowest BCUT2D eigenvalue weighted by Crippen LogP contribution is -2.41. The topological polar surface area (TPSA) is 115 Å². The number of nitrogens with zero attached hydrogens (tertiary/aromatic N) is 2. The van der Waals surface area contributed by atoms with E-state index in [1.807, 2.05) is 30.3 Å². The van der Waals surface area contributed by atoms with Gasteiger partial charge in [-0.1, -0.05) is 62.4 Å². The predicted molar refractivity (Wildman–Crippen MR) is 127 cm³/mol. The van der Waals surface area contributed by atoms with Gasteiger partial charge in [0.2, 0.25) is 11.7 Å². The lowest BCUT2D eigenvalue weighted by atomic mass is 9.86.